The van der Waals surface area contributed by atoms with E-state index in [1.54, 1.807) is 46.0 Å². The molecule has 356 valence electrons. The fraction of sp³-hybridized carbons (Fsp3) is 0.500. The minimum Gasteiger partial charge on any atom is -0.395 e. The molecule has 2 N–H and O–H groups in total. The van der Waals surface area contributed by atoms with Gasteiger partial charge >= 0.3 is 0 Å². The van der Waals surface area contributed by atoms with Crippen molar-refractivity contribution in [3.63, 3.8) is 0 Å². The lowest BCUT2D eigenvalue weighted by atomic mass is 9.80. The minimum absolute atomic E-state index is 0.219. The third-order valence-electron chi connectivity index (χ3n) is 14.3. The van der Waals surface area contributed by atoms with Crippen LogP contribution in [0.4, 0.5) is 11.6 Å². The zero-order chi connectivity index (χ0) is 47.6. The molecule has 8 heterocycles. The zero-order valence-corrected chi connectivity index (χ0v) is 41.1. The van der Waals surface area contributed by atoms with Gasteiger partial charge in [-0.25, -0.2) is 29.3 Å². The number of aromatic nitrogens is 8. The average molecular weight is 1000 g/mol. The first kappa shape index (κ1) is 48.2. The molecular weight excluding hydrogens is 946 g/mol. The smallest absolute Gasteiger partial charge is 0.190 e. The summed E-state index contributed by atoms with van der Waals surface area (Å²) in [5.74, 6) is 4.13. The zero-order valence-electron chi connectivity index (χ0n) is 38.1. The normalized spacial score (nSPS) is 20.3. The summed E-state index contributed by atoms with van der Waals surface area (Å²) in [5.41, 5.74) is 4.32. The summed E-state index contributed by atoms with van der Waals surface area (Å²) in [6.45, 7) is 13.9. The second-order valence-electron chi connectivity index (χ2n) is 18.5. The highest BCUT2D eigenvalue weighted by molar-refractivity contribution is 6.35. The number of hydrogen-bond donors (Lipinski definition) is 2. The Morgan fingerprint density at radius 3 is 1.40 bits per heavy atom. The Labute approximate surface area is 415 Å². The highest BCUT2D eigenvalue weighted by Gasteiger charge is 2.38. The molecule has 16 nitrogen and oxygen atoms in total. The van der Waals surface area contributed by atoms with Gasteiger partial charge in [0.15, 0.2) is 22.7 Å². The molecule has 6 aromatic rings. The number of hydrogen-bond acceptors (Lipinski definition) is 14. The predicted octanol–water partition coefficient (Wildman–Crippen LogP) is 7.51. The van der Waals surface area contributed by atoms with Crippen LogP contribution >= 0.6 is 46.4 Å². The van der Waals surface area contributed by atoms with E-state index in [-0.39, 0.29) is 36.7 Å². The van der Waals surface area contributed by atoms with Crippen LogP contribution in [-0.4, -0.2) is 138 Å². The van der Waals surface area contributed by atoms with Crippen molar-refractivity contribution in [2.24, 2.45) is 23.7 Å². The number of likely N-dealkylation sites (tertiary alicyclic amines) is 2. The molecule has 0 radical (unpaired) electrons. The predicted molar refractivity (Wildman–Crippen MR) is 265 cm³/mol. The second kappa shape index (κ2) is 21.0. The van der Waals surface area contributed by atoms with Crippen LogP contribution in [-0.2, 0) is 0 Å². The van der Waals surface area contributed by atoms with Gasteiger partial charge in [0.2, 0.25) is 0 Å². The summed E-state index contributed by atoms with van der Waals surface area (Å²) in [6, 6.07) is 14.5. The first-order chi connectivity index (χ1) is 33.0. The molecule has 68 heavy (non-hydrogen) atoms. The maximum absolute atomic E-state index is 9.60. The number of anilines is 2. The van der Waals surface area contributed by atoms with Crippen LogP contribution in [0.2, 0.25) is 20.1 Å². The van der Waals surface area contributed by atoms with E-state index >= 15 is 0 Å². The molecule has 0 spiro atoms. The van der Waals surface area contributed by atoms with Gasteiger partial charge in [-0.15, -0.1) is 0 Å². The molecule has 0 saturated carbocycles. The van der Waals surface area contributed by atoms with Gasteiger partial charge in [0.05, 0.1) is 37.7 Å². The van der Waals surface area contributed by atoms with E-state index in [1.165, 1.54) is 25.7 Å². The number of benzene rings is 2. The van der Waals surface area contributed by atoms with E-state index < -0.39 is 0 Å². The second-order valence-corrected chi connectivity index (χ2v) is 20.2. The van der Waals surface area contributed by atoms with Crippen molar-refractivity contribution in [1.82, 2.24) is 49.3 Å². The Hall–Kier alpha value is -4.88. The number of piperidine rings is 2. The third-order valence-corrected chi connectivity index (χ3v) is 15.4. The highest BCUT2D eigenvalue weighted by atomic mass is 35.5. The van der Waals surface area contributed by atoms with E-state index in [0.29, 0.717) is 66.1 Å². The van der Waals surface area contributed by atoms with E-state index in [0.717, 1.165) is 88.2 Å². The van der Waals surface area contributed by atoms with Crippen LogP contribution in [0.3, 0.4) is 0 Å². The molecule has 4 aliphatic rings. The molecule has 2 aromatic carbocycles. The van der Waals surface area contributed by atoms with Crippen LogP contribution in [0.5, 0.6) is 0 Å². The maximum atomic E-state index is 9.60. The molecule has 0 bridgehead atoms. The van der Waals surface area contributed by atoms with Crippen LogP contribution < -0.4 is 9.80 Å². The lowest BCUT2D eigenvalue weighted by Gasteiger charge is -2.47. The summed E-state index contributed by atoms with van der Waals surface area (Å²) in [6.07, 6.45) is 8.34. The molecule has 20 heteroatoms. The van der Waals surface area contributed by atoms with Crippen molar-refractivity contribution in [2.45, 2.75) is 51.6 Å². The first-order valence-electron chi connectivity index (χ1n) is 23.3. The van der Waals surface area contributed by atoms with E-state index in [2.05, 4.69) is 51.9 Å². The van der Waals surface area contributed by atoms with Crippen molar-refractivity contribution < 1.29 is 10.2 Å². The Balaban J connectivity index is 0.000000170. The molecule has 10 rings (SSSR count). The summed E-state index contributed by atoms with van der Waals surface area (Å²) >= 11 is 25.0. The van der Waals surface area contributed by atoms with Crippen LogP contribution in [0.15, 0.2) is 48.8 Å². The lowest BCUT2D eigenvalue weighted by molar-refractivity contribution is 0.101. The number of aliphatic hydroxyl groups excluding tert-OH is 2. The number of β-amino-alcohol motifs (C(OH)–C–C–N with tert-alkyl or cyclic N) is 2. The van der Waals surface area contributed by atoms with E-state index in [4.69, 9.17) is 56.4 Å². The largest absolute Gasteiger partial charge is 0.395 e. The summed E-state index contributed by atoms with van der Waals surface area (Å²) < 4.78 is 3.45. The van der Waals surface area contributed by atoms with Gasteiger partial charge in [-0.3, -0.25) is 0 Å². The molecule has 2 unspecified atom stereocenters. The van der Waals surface area contributed by atoms with Crippen LogP contribution in [0.25, 0.3) is 22.3 Å². The van der Waals surface area contributed by atoms with Gasteiger partial charge < -0.3 is 29.8 Å². The van der Waals surface area contributed by atoms with Gasteiger partial charge in [0, 0.05) is 72.4 Å². The van der Waals surface area contributed by atoms with E-state index in [1.807, 2.05) is 26.0 Å². The van der Waals surface area contributed by atoms with Crippen molar-refractivity contribution in [1.29, 1.82) is 10.5 Å². The molecule has 4 fully saturated rings. The van der Waals surface area contributed by atoms with E-state index in [9.17, 15) is 20.7 Å². The SMILES string of the molecule is CC(c1ccc(Cl)cc1Cl)n1nc(C#N)c2ncc(N3CC(C4CCCN(CCO)C4)C3)nc21.C[C@H](c1ccc(Cl)cc1Cl)n1nc(C#N)c2ncc(N3CC([C@H]4CCCN(CCO)C4)C3)nc21. The number of fused-ring (bicyclic) bond motifs is 2. The van der Waals surface area contributed by atoms with Gasteiger partial charge in [-0.1, -0.05) is 58.5 Å². The number of halogens is 4. The Morgan fingerprint density at radius 2 is 1.03 bits per heavy atom. The molecular formula is C48H54Cl4N14O2. The maximum Gasteiger partial charge on any atom is 0.190 e. The van der Waals surface area contributed by atoms with Crippen LogP contribution in [0, 0.1) is 46.3 Å². The fourth-order valence-corrected chi connectivity index (χ4v) is 11.5. The third kappa shape index (κ3) is 9.93. The Morgan fingerprint density at radius 1 is 0.618 bits per heavy atom. The molecule has 0 aliphatic carbocycles. The van der Waals surface area contributed by atoms with Gasteiger partial charge in [-0.2, -0.15) is 20.7 Å². The number of rotatable bonds is 12. The molecule has 4 aromatic heterocycles. The number of aliphatic hydroxyl groups is 2. The molecule has 4 saturated heterocycles. The fourth-order valence-electron chi connectivity index (χ4n) is 10.4. The van der Waals surface area contributed by atoms with Gasteiger partial charge in [0.1, 0.15) is 34.8 Å². The monoisotopic (exact) mass is 998 g/mol. The van der Waals surface area contributed by atoms with Crippen molar-refractivity contribution in [2.75, 3.05) is 88.5 Å². The van der Waals surface area contributed by atoms with Crippen LogP contribution in [0.1, 0.15) is 74.1 Å². The molecule has 0 amide bonds. The topological polar surface area (TPSA) is 188 Å². The molecule has 4 aliphatic heterocycles. The quantitative estimate of drug-likeness (QED) is 0.123. The number of nitriles is 2. The van der Waals surface area contributed by atoms with Crippen molar-refractivity contribution >= 4 is 80.4 Å². The lowest BCUT2D eigenvalue weighted by Crippen LogP contribution is -2.54. The number of nitrogens with zero attached hydrogens (tertiary/aromatic N) is 14. The average Bonchev–Trinajstić information content (AvgIpc) is 3.86. The van der Waals surface area contributed by atoms with Crippen molar-refractivity contribution in [3.8, 4) is 12.1 Å². The van der Waals surface area contributed by atoms with Gasteiger partial charge in [-0.05, 0) is 112 Å². The first-order valence-corrected chi connectivity index (χ1v) is 24.8. The van der Waals surface area contributed by atoms with Gasteiger partial charge in [0.25, 0.3) is 0 Å². The summed E-state index contributed by atoms with van der Waals surface area (Å²) in [7, 11) is 0. The van der Waals surface area contributed by atoms with Crippen molar-refractivity contribution in [3.05, 3.63) is 91.4 Å². The Kier molecular flexibility index (Phi) is 14.9. The summed E-state index contributed by atoms with van der Waals surface area (Å²) in [5, 5.41) is 48.9. The highest BCUT2D eigenvalue weighted by Crippen LogP contribution is 2.37. The summed E-state index contributed by atoms with van der Waals surface area (Å²) in [4.78, 5) is 28.1. The standard InChI is InChI=1S/2C24H27Cl2N7O/c2*1-15(19-5-4-18(25)9-20(19)26)33-24-23(21(10-27)30-33)28-11-22(29-24)32-13-17(14-32)16-3-2-6-31(12-16)7-8-34/h2*4-5,9,11,15-17,34H,2-3,6-8,12-14H2,1H3/t15-,16+;/m1./s1. The minimum atomic E-state index is -0.247. The molecule has 4 atom stereocenters. The Bertz CT molecular complexity index is 2660.